The topological polar surface area (TPSA) is 97.8 Å². The van der Waals surface area contributed by atoms with Gasteiger partial charge < -0.3 is 24.1 Å². The van der Waals surface area contributed by atoms with Gasteiger partial charge in [-0.05, 0) is 82.6 Å². The van der Waals surface area contributed by atoms with Crippen molar-refractivity contribution in [2.45, 2.75) is 78.6 Å². The zero-order chi connectivity index (χ0) is 33.8. The van der Waals surface area contributed by atoms with Crippen LogP contribution in [0.2, 0.25) is 0 Å². The summed E-state index contributed by atoms with van der Waals surface area (Å²) in [6.45, 7) is 16.6. The lowest BCUT2D eigenvalue weighted by molar-refractivity contribution is -0.160. The van der Waals surface area contributed by atoms with E-state index in [0.29, 0.717) is 25.6 Å². The molecule has 0 bridgehead atoms. The minimum atomic E-state index is -0.947. The van der Waals surface area contributed by atoms with Crippen LogP contribution in [0.15, 0.2) is 54.3 Å². The molecule has 2 fully saturated rings. The van der Waals surface area contributed by atoms with Gasteiger partial charge in [0.05, 0.1) is 19.3 Å². The van der Waals surface area contributed by atoms with Crippen LogP contribution in [0.25, 0.3) is 5.57 Å². The molecule has 2 aromatic rings. The number of benzene rings is 2. The summed E-state index contributed by atoms with van der Waals surface area (Å²) in [5.41, 5.74) is 3.44. The van der Waals surface area contributed by atoms with Crippen molar-refractivity contribution >= 4 is 17.5 Å². The third kappa shape index (κ3) is 11.7. The van der Waals surface area contributed by atoms with Crippen LogP contribution in [0.4, 0.5) is 0 Å². The number of carbonyl (C=O) groups excluding carboxylic acids is 1. The first-order valence-electron chi connectivity index (χ1n) is 17.1. The van der Waals surface area contributed by atoms with Crippen LogP contribution in [-0.2, 0) is 35.1 Å². The highest BCUT2D eigenvalue weighted by Crippen LogP contribution is 2.38. The smallest absolute Gasteiger partial charge is 0.339 e. The lowest BCUT2D eigenvalue weighted by atomic mass is 9.82. The highest BCUT2D eigenvalue weighted by atomic mass is 16.6. The van der Waals surface area contributed by atoms with Crippen molar-refractivity contribution in [1.29, 1.82) is 0 Å². The van der Waals surface area contributed by atoms with Gasteiger partial charge in [0.15, 0.2) is 0 Å². The minimum absolute atomic E-state index is 0.0120. The van der Waals surface area contributed by atoms with E-state index in [1.54, 1.807) is 0 Å². The number of aliphatic carboxylic acids is 1. The molecule has 1 N–H and O–H groups in total. The number of rotatable bonds is 15. The van der Waals surface area contributed by atoms with Crippen molar-refractivity contribution in [2.75, 3.05) is 59.1 Å². The van der Waals surface area contributed by atoms with Gasteiger partial charge >= 0.3 is 11.9 Å². The zero-order valence-electron chi connectivity index (χ0n) is 29.0. The molecule has 1 aliphatic heterocycles. The summed E-state index contributed by atoms with van der Waals surface area (Å²) in [7, 11) is 0. The molecule has 9 heteroatoms. The van der Waals surface area contributed by atoms with E-state index in [1.165, 1.54) is 0 Å². The van der Waals surface area contributed by atoms with Gasteiger partial charge in [-0.2, -0.15) is 0 Å². The number of hydrogen-bond acceptors (Lipinski definition) is 8. The number of piperazine rings is 1. The first kappa shape index (κ1) is 36.6. The first-order valence-corrected chi connectivity index (χ1v) is 17.1. The van der Waals surface area contributed by atoms with E-state index in [9.17, 15) is 14.7 Å². The largest absolute Gasteiger partial charge is 0.492 e. The Labute approximate surface area is 280 Å². The molecule has 0 atom stereocenters. The molecule has 0 amide bonds. The van der Waals surface area contributed by atoms with Crippen molar-refractivity contribution in [2.24, 2.45) is 5.92 Å². The van der Waals surface area contributed by atoms with Gasteiger partial charge in [0.25, 0.3) is 0 Å². The fourth-order valence-electron chi connectivity index (χ4n) is 6.47. The second kappa shape index (κ2) is 17.8. The van der Waals surface area contributed by atoms with E-state index in [4.69, 9.17) is 18.9 Å². The first-order chi connectivity index (χ1) is 22.5. The Kier molecular flexibility index (Phi) is 13.8. The SMILES string of the molecule is Cc1cccc(C)c1/C(C(=O)O)=C(\OCc1ccccc1)C1CCC(OCCN2CCN(CCOCC(=O)OC(C)(C)C)CC2)CC1. The van der Waals surface area contributed by atoms with Crippen molar-refractivity contribution in [3.63, 3.8) is 0 Å². The van der Waals surface area contributed by atoms with Gasteiger partial charge in [-0.1, -0.05) is 48.5 Å². The average molecular weight is 651 g/mol. The Morgan fingerprint density at radius 1 is 0.830 bits per heavy atom. The van der Waals surface area contributed by atoms with Gasteiger partial charge in [0.1, 0.15) is 30.1 Å². The number of esters is 1. The molecule has 0 unspecified atom stereocenters. The fourth-order valence-corrected chi connectivity index (χ4v) is 6.47. The number of carbonyl (C=O) groups is 2. The standard InChI is InChI=1S/C38H54N2O7/c1-28-10-9-11-29(2)34(28)35(37(42)43)36(46-26-30-12-7-6-8-13-30)31-14-16-32(17-15-31)45-25-23-40-20-18-39(19-21-40)22-24-44-27-33(41)47-38(3,4)5/h6-13,31-32H,14-27H2,1-5H3,(H,42,43)/b36-35+. The van der Waals surface area contributed by atoms with Crippen LogP contribution >= 0.6 is 0 Å². The maximum atomic E-state index is 12.8. The molecule has 47 heavy (non-hydrogen) atoms. The van der Waals surface area contributed by atoms with Crippen LogP contribution in [0, 0.1) is 19.8 Å². The molecular formula is C38H54N2O7. The van der Waals surface area contributed by atoms with Gasteiger partial charge in [0, 0.05) is 45.2 Å². The lowest BCUT2D eigenvalue weighted by Crippen LogP contribution is -2.48. The van der Waals surface area contributed by atoms with Crippen molar-refractivity contribution < 1.29 is 33.6 Å². The summed E-state index contributed by atoms with van der Waals surface area (Å²) in [5.74, 6) is -0.668. The molecule has 0 spiro atoms. The normalized spacial score (nSPS) is 20.0. The van der Waals surface area contributed by atoms with Crippen molar-refractivity contribution in [3.8, 4) is 0 Å². The summed E-state index contributed by atoms with van der Waals surface area (Å²) in [4.78, 5) is 29.4. The molecule has 2 aliphatic rings. The van der Waals surface area contributed by atoms with E-state index in [0.717, 1.165) is 87.2 Å². The molecule has 1 saturated heterocycles. The van der Waals surface area contributed by atoms with Gasteiger partial charge in [-0.3, -0.25) is 9.80 Å². The van der Waals surface area contributed by atoms with Crippen LogP contribution in [0.1, 0.15) is 68.7 Å². The lowest BCUT2D eigenvalue weighted by Gasteiger charge is -2.35. The second-order valence-corrected chi connectivity index (χ2v) is 13.8. The van der Waals surface area contributed by atoms with E-state index in [-0.39, 0.29) is 30.2 Å². The summed E-state index contributed by atoms with van der Waals surface area (Å²) < 4.78 is 23.6. The van der Waals surface area contributed by atoms with E-state index >= 15 is 0 Å². The molecule has 4 rings (SSSR count). The molecule has 1 saturated carbocycles. The Bertz CT molecular complexity index is 1300. The van der Waals surface area contributed by atoms with Crippen LogP contribution < -0.4 is 0 Å². The van der Waals surface area contributed by atoms with Crippen LogP contribution in [-0.4, -0.2) is 97.6 Å². The predicted molar refractivity (Wildman–Crippen MR) is 183 cm³/mol. The molecule has 9 nitrogen and oxygen atoms in total. The highest BCUT2D eigenvalue weighted by Gasteiger charge is 2.31. The molecule has 1 heterocycles. The second-order valence-electron chi connectivity index (χ2n) is 13.8. The fraction of sp³-hybridized carbons (Fsp3) is 0.579. The highest BCUT2D eigenvalue weighted by molar-refractivity contribution is 6.17. The predicted octanol–water partition coefficient (Wildman–Crippen LogP) is 5.87. The Morgan fingerprint density at radius 2 is 1.43 bits per heavy atom. The number of carboxylic acids is 1. The number of aryl methyl sites for hydroxylation is 2. The van der Waals surface area contributed by atoms with Gasteiger partial charge in [0.2, 0.25) is 0 Å². The molecule has 0 radical (unpaired) electrons. The minimum Gasteiger partial charge on any atom is -0.492 e. The third-order valence-electron chi connectivity index (χ3n) is 8.89. The van der Waals surface area contributed by atoms with E-state index < -0.39 is 11.6 Å². The van der Waals surface area contributed by atoms with E-state index in [2.05, 4.69) is 9.80 Å². The maximum absolute atomic E-state index is 12.8. The molecular weight excluding hydrogens is 596 g/mol. The Morgan fingerprint density at radius 3 is 2.00 bits per heavy atom. The van der Waals surface area contributed by atoms with Crippen LogP contribution in [0.3, 0.4) is 0 Å². The summed E-state index contributed by atoms with van der Waals surface area (Å²) in [6, 6.07) is 15.8. The van der Waals surface area contributed by atoms with E-state index in [1.807, 2.05) is 83.1 Å². The van der Waals surface area contributed by atoms with Crippen molar-refractivity contribution in [3.05, 3.63) is 76.5 Å². The number of hydrogen-bond donors (Lipinski definition) is 1. The maximum Gasteiger partial charge on any atom is 0.339 e. The zero-order valence-corrected chi connectivity index (χ0v) is 29.0. The average Bonchev–Trinajstić information content (AvgIpc) is 3.03. The summed E-state index contributed by atoms with van der Waals surface area (Å²) >= 11 is 0. The van der Waals surface area contributed by atoms with Crippen molar-refractivity contribution in [1.82, 2.24) is 9.80 Å². The van der Waals surface area contributed by atoms with Gasteiger partial charge in [-0.25, -0.2) is 9.59 Å². The van der Waals surface area contributed by atoms with Crippen LogP contribution in [0.5, 0.6) is 0 Å². The quantitative estimate of drug-likeness (QED) is 0.110. The number of carboxylic acid groups (broad SMARTS) is 1. The summed E-state index contributed by atoms with van der Waals surface area (Å²) in [6.07, 6.45) is 3.56. The molecule has 1 aliphatic carbocycles. The number of nitrogens with zero attached hydrogens (tertiary/aromatic N) is 2. The molecule has 258 valence electrons. The third-order valence-corrected chi connectivity index (χ3v) is 8.89. The van der Waals surface area contributed by atoms with Gasteiger partial charge in [-0.15, -0.1) is 0 Å². The molecule has 2 aromatic carbocycles. The number of ether oxygens (including phenoxy) is 4. The Hall–Kier alpha value is -3.24. The molecule has 0 aromatic heterocycles. The monoisotopic (exact) mass is 650 g/mol. The summed E-state index contributed by atoms with van der Waals surface area (Å²) in [5, 5.41) is 10.5. The number of allylic oxidation sites excluding steroid dienone is 1. The Balaban J connectivity index is 1.24.